The maximum Gasteiger partial charge on any atom is 0.266 e. The van der Waals surface area contributed by atoms with Crippen molar-refractivity contribution in [2.75, 3.05) is 0 Å². The number of rotatable bonds is 3. The Morgan fingerprint density at radius 3 is 2.72 bits per heavy atom. The zero-order chi connectivity index (χ0) is 13.1. The normalized spacial score (nSPS) is 10.9. The predicted octanol–water partition coefficient (Wildman–Crippen LogP) is 3.33. The number of benzene rings is 1. The molecule has 0 aliphatic carbocycles. The summed E-state index contributed by atoms with van der Waals surface area (Å²) in [5, 5.41) is 4.41. The lowest BCUT2D eigenvalue weighted by atomic mass is 10.1. The lowest BCUT2D eigenvalue weighted by Crippen LogP contribution is -2.24. The second-order valence-electron chi connectivity index (χ2n) is 4.64. The highest BCUT2D eigenvalue weighted by Crippen LogP contribution is 2.20. The van der Waals surface area contributed by atoms with E-state index in [1.165, 1.54) is 4.68 Å². The first-order valence-electron chi connectivity index (χ1n) is 5.90. The van der Waals surface area contributed by atoms with Gasteiger partial charge in [-0.05, 0) is 24.1 Å². The third-order valence-electron chi connectivity index (χ3n) is 2.53. The van der Waals surface area contributed by atoms with Gasteiger partial charge in [0, 0.05) is 22.6 Å². The molecule has 1 aromatic carbocycles. The molecule has 4 heteroatoms. The molecule has 2 rings (SSSR count). The summed E-state index contributed by atoms with van der Waals surface area (Å²) in [4.78, 5) is 11.7. The highest BCUT2D eigenvalue weighted by Gasteiger charge is 2.05. The maximum atomic E-state index is 11.7. The fourth-order valence-electron chi connectivity index (χ4n) is 1.73. The summed E-state index contributed by atoms with van der Waals surface area (Å²) in [6.07, 6.45) is 0. The van der Waals surface area contributed by atoms with Gasteiger partial charge >= 0.3 is 0 Å². The lowest BCUT2D eigenvalue weighted by molar-refractivity contribution is 0.465. The van der Waals surface area contributed by atoms with Crippen LogP contribution in [0, 0.1) is 5.92 Å². The smallest absolute Gasteiger partial charge is 0.266 e. The van der Waals surface area contributed by atoms with Crippen molar-refractivity contribution in [1.82, 2.24) is 9.78 Å². The van der Waals surface area contributed by atoms with Gasteiger partial charge in [-0.2, -0.15) is 5.10 Å². The molecule has 0 saturated carbocycles. The highest BCUT2D eigenvalue weighted by molar-refractivity contribution is 9.10. The Morgan fingerprint density at radius 2 is 2.06 bits per heavy atom. The number of aromatic nitrogens is 2. The average Bonchev–Trinajstić information content (AvgIpc) is 2.31. The number of nitrogens with zero attached hydrogens (tertiary/aromatic N) is 2. The van der Waals surface area contributed by atoms with Crippen molar-refractivity contribution in [3.63, 3.8) is 0 Å². The van der Waals surface area contributed by atoms with Crippen LogP contribution in [0.2, 0.25) is 0 Å². The SMILES string of the molecule is CC(C)Cn1nc(-c2cccc(Br)c2)ccc1=O. The van der Waals surface area contributed by atoms with Gasteiger partial charge in [0.2, 0.25) is 0 Å². The quantitative estimate of drug-likeness (QED) is 0.872. The van der Waals surface area contributed by atoms with E-state index >= 15 is 0 Å². The van der Waals surface area contributed by atoms with E-state index in [4.69, 9.17) is 0 Å². The van der Waals surface area contributed by atoms with Crippen molar-refractivity contribution in [3.05, 3.63) is 51.2 Å². The summed E-state index contributed by atoms with van der Waals surface area (Å²) in [5.41, 5.74) is 1.76. The van der Waals surface area contributed by atoms with Crippen LogP contribution in [0.5, 0.6) is 0 Å². The second-order valence-corrected chi connectivity index (χ2v) is 5.56. The Labute approximate surface area is 115 Å². The van der Waals surface area contributed by atoms with E-state index in [-0.39, 0.29) is 5.56 Å². The minimum Gasteiger partial charge on any atom is -0.268 e. The van der Waals surface area contributed by atoms with Crippen LogP contribution in [0.25, 0.3) is 11.3 Å². The van der Waals surface area contributed by atoms with E-state index < -0.39 is 0 Å². The van der Waals surface area contributed by atoms with E-state index in [0.29, 0.717) is 12.5 Å². The van der Waals surface area contributed by atoms with Crippen LogP contribution in [-0.4, -0.2) is 9.78 Å². The molecular weight excluding hydrogens is 292 g/mol. The second kappa shape index (κ2) is 5.48. The van der Waals surface area contributed by atoms with Gasteiger partial charge in [-0.1, -0.05) is 41.9 Å². The molecule has 0 atom stereocenters. The van der Waals surface area contributed by atoms with Gasteiger partial charge in [-0.3, -0.25) is 4.79 Å². The molecule has 3 nitrogen and oxygen atoms in total. The molecule has 0 bridgehead atoms. The molecule has 1 heterocycles. The summed E-state index contributed by atoms with van der Waals surface area (Å²) >= 11 is 3.44. The van der Waals surface area contributed by atoms with Gasteiger partial charge in [-0.15, -0.1) is 0 Å². The molecule has 0 spiro atoms. The van der Waals surface area contributed by atoms with Gasteiger partial charge in [0.15, 0.2) is 0 Å². The molecule has 1 aromatic heterocycles. The Balaban J connectivity index is 2.43. The predicted molar refractivity (Wildman–Crippen MR) is 76.5 cm³/mol. The van der Waals surface area contributed by atoms with Crippen LogP contribution in [0.1, 0.15) is 13.8 Å². The van der Waals surface area contributed by atoms with Gasteiger partial charge in [-0.25, -0.2) is 4.68 Å². The van der Waals surface area contributed by atoms with Crippen LogP contribution in [-0.2, 0) is 6.54 Å². The van der Waals surface area contributed by atoms with Gasteiger partial charge < -0.3 is 0 Å². The standard InChI is InChI=1S/C14H15BrN2O/c1-10(2)9-17-14(18)7-6-13(16-17)11-4-3-5-12(15)8-11/h3-8,10H,9H2,1-2H3. The fraction of sp³-hybridized carbons (Fsp3) is 0.286. The molecule has 94 valence electrons. The summed E-state index contributed by atoms with van der Waals surface area (Å²) < 4.78 is 2.53. The van der Waals surface area contributed by atoms with Crippen molar-refractivity contribution in [1.29, 1.82) is 0 Å². The van der Waals surface area contributed by atoms with Crippen LogP contribution in [0.15, 0.2) is 45.7 Å². The molecule has 0 fully saturated rings. The third-order valence-corrected chi connectivity index (χ3v) is 3.02. The fourth-order valence-corrected chi connectivity index (χ4v) is 2.13. The van der Waals surface area contributed by atoms with Crippen molar-refractivity contribution >= 4 is 15.9 Å². The molecule has 0 N–H and O–H groups in total. The lowest BCUT2D eigenvalue weighted by Gasteiger charge is -2.09. The van der Waals surface area contributed by atoms with Gasteiger partial charge in [0.05, 0.1) is 5.69 Å². The van der Waals surface area contributed by atoms with Crippen LogP contribution in [0.4, 0.5) is 0 Å². The molecule has 0 amide bonds. The molecular formula is C14H15BrN2O. The van der Waals surface area contributed by atoms with Crippen LogP contribution >= 0.6 is 15.9 Å². The van der Waals surface area contributed by atoms with E-state index in [2.05, 4.69) is 34.9 Å². The molecule has 18 heavy (non-hydrogen) atoms. The molecule has 2 aromatic rings. The van der Waals surface area contributed by atoms with Gasteiger partial charge in [0.25, 0.3) is 5.56 Å². The summed E-state index contributed by atoms with van der Waals surface area (Å²) in [6.45, 7) is 4.78. The number of hydrogen-bond acceptors (Lipinski definition) is 2. The summed E-state index contributed by atoms with van der Waals surface area (Å²) in [6, 6.07) is 11.2. The van der Waals surface area contributed by atoms with Crippen molar-refractivity contribution in [3.8, 4) is 11.3 Å². The van der Waals surface area contributed by atoms with E-state index in [0.717, 1.165) is 15.7 Å². The molecule has 0 radical (unpaired) electrons. The first kappa shape index (κ1) is 13.0. The first-order valence-corrected chi connectivity index (χ1v) is 6.69. The Hall–Kier alpha value is -1.42. The Bertz CT molecular complexity index is 605. The van der Waals surface area contributed by atoms with E-state index in [1.807, 2.05) is 24.3 Å². The number of hydrogen-bond donors (Lipinski definition) is 0. The molecule has 0 aliphatic heterocycles. The van der Waals surface area contributed by atoms with E-state index in [9.17, 15) is 4.79 Å². The average molecular weight is 307 g/mol. The largest absolute Gasteiger partial charge is 0.268 e. The van der Waals surface area contributed by atoms with E-state index in [1.54, 1.807) is 12.1 Å². The minimum atomic E-state index is -0.0533. The third kappa shape index (κ3) is 3.07. The molecule has 0 unspecified atom stereocenters. The summed E-state index contributed by atoms with van der Waals surface area (Å²) in [5.74, 6) is 0.396. The number of halogens is 1. The van der Waals surface area contributed by atoms with Crippen molar-refractivity contribution in [2.45, 2.75) is 20.4 Å². The zero-order valence-electron chi connectivity index (χ0n) is 10.4. The van der Waals surface area contributed by atoms with Crippen molar-refractivity contribution < 1.29 is 0 Å². The molecule has 0 saturated heterocycles. The summed E-state index contributed by atoms with van der Waals surface area (Å²) in [7, 11) is 0. The van der Waals surface area contributed by atoms with Crippen LogP contribution in [0.3, 0.4) is 0 Å². The zero-order valence-corrected chi connectivity index (χ0v) is 12.0. The maximum absolute atomic E-state index is 11.7. The molecule has 0 aliphatic rings. The van der Waals surface area contributed by atoms with Crippen LogP contribution < -0.4 is 5.56 Å². The van der Waals surface area contributed by atoms with Gasteiger partial charge in [0.1, 0.15) is 0 Å². The first-order chi connectivity index (χ1) is 8.56. The Kier molecular flexibility index (Phi) is 3.97. The highest BCUT2D eigenvalue weighted by atomic mass is 79.9. The monoisotopic (exact) mass is 306 g/mol. The topological polar surface area (TPSA) is 34.9 Å². The van der Waals surface area contributed by atoms with Crippen molar-refractivity contribution in [2.24, 2.45) is 5.92 Å². The Morgan fingerprint density at radius 1 is 1.28 bits per heavy atom. The minimum absolute atomic E-state index is 0.0533.